The lowest BCUT2D eigenvalue weighted by Gasteiger charge is -2.08. The Morgan fingerprint density at radius 1 is 1.36 bits per heavy atom. The van der Waals surface area contributed by atoms with E-state index < -0.39 is 5.25 Å². The number of carbonyl (C=O) groups excluding carboxylic acids is 2. The van der Waals surface area contributed by atoms with Gasteiger partial charge in [-0.05, 0) is 24.5 Å². The maximum absolute atomic E-state index is 11.9. The first-order valence-corrected chi connectivity index (χ1v) is 8.30. The standard InChI is InChI=1S/C16H21N3O2S/c1-11(2)8-9-17-14(20)10-13-15(21)19-16(22-13)18-12-6-4-3-5-7-12/h3-7,11,13H,8-10H2,1-2H3,(H,17,20)(H,18,19,21)/t13-/m1/s1. The molecule has 2 rings (SSSR count). The topological polar surface area (TPSA) is 70.6 Å². The third-order valence-corrected chi connectivity index (χ3v) is 4.26. The van der Waals surface area contributed by atoms with Crippen molar-refractivity contribution in [1.82, 2.24) is 10.6 Å². The molecule has 0 aromatic heterocycles. The van der Waals surface area contributed by atoms with Gasteiger partial charge in [-0.1, -0.05) is 43.8 Å². The first kappa shape index (κ1) is 16.5. The molecule has 1 atom stereocenters. The second-order valence-corrected chi connectivity index (χ2v) is 6.78. The Hall–Kier alpha value is -1.82. The summed E-state index contributed by atoms with van der Waals surface area (Å²) < 4.78 is 0. The van der Waals surface area contributed by atoms with E-state index in [1.807, 2.05) is 30.3 Å². The van der Waals surface area contributed by atoms with Gasteiger partial charge in [-0.2, -0.15) is 0 Å². The molecule has 1 aliphatic heterocycles. The fourth-order valence-electron chi connectivity index (χ4n) is 1.95. The van der Waals surface area contributed by atoms with Crippen molar-refractivity contribution < 1.29 is 9.59 Å². The molecule has 0 saturated carbocycles. The average molecular weight is 319 g/mol. The fourth-order valence-corrected chi connectivity index (χ4v) is 2.94. The zero-order valence-corrected chi connectivity index (χ0v) is 13.7. The molecule has 1 aromatic rings. The summed E-state index contributed by atoms with van der Waals surface area (Å²) in [5, 5.41) is 5.73. The van der Waals surface area contributed by atoms with Crippen LogP contribution in [-0.4, -0.2) is 28.8 Å². The van der Waals surface area contributed by atoms with E-state index in [0.29, 0.717) is 17.6 Å². The second kappa shape index (κ2) is 7.98. The van der Waals surface area contributed by atoms with Crippen molar-refractivity contribution in [3.63, 3.8) is 0 Å². The summed E-state index contributed by atoms with van der Waals surface area (Å²) >= 11 is 1.31. The molecular formula is C16H21N3O2S. The maximum atomic E-state index is 11.9. The lowest BCUT2D eigenvalue weighted by molar-refractivity contribution is -0.125. The second-order valence-electron chi connectivity index (χ2n) is 5.58. The van der Waals surface area contributed by atoms with Gasteiger partial charge < -0.3 is 10.6 Å². The van der Waals surface area contributed by atoms with Gasteiger partial charge in [-0.25, -0.2) is 4.99 Å². The highest BCUT2D eigenvalue weighted by Crippen LogP contribution is 2.24. The van der Waals surface area contributed by atoms with Crippen LogP contribution in [0.25, 0.3) is 0 Å². The van der Waals surface area contributed by atoms with Gasteiger partial charge in [0.1, 0.15) is 5.25 Å². The molecule has 0 spiro atoms. The van der Waals surface area contributed by atoms with Gasteiger partial charge in [0.2, 0.25) is 11.8 Å². The molecule has 1 aromatic carbocycles. The van der Waals surface area contributed by atoms with Gasteiger partial charge in [-0.3, -0.25) is 9.59 Å². The minimum Gasteiger partial charge on any atom is -0.356 e. The summed E-state index contributed by atoms with van der Waals surface area (Å²) in [6.45, 7) is 4.87. The van der Waals surface area contributed by atoms with Crippen molar-refractivity contribution in [2.75, 3.05) is 6.54 Å². The Kier molecular flexibility index (Phi) is 6.00. The fraction of sp³-hybridized carbons (Fsp3) is 0.438. The summed E-state index contributed by atoms with van der Waals surface area (Å²) in [6, 6.07) is 9.42. The minimum atomic E-state index is -0.401. The van der Waals surface area contributed by atoms with Crippen LogP contribution in [0.3, 0.4) is 0 Å². The number of hydrogen-bond acceptors (Lipinski definition) is 4. The Balaban J connectivity index is 1.85. The van der Waals surface area contributed by atoms with E-state index in [1.165, 1.54) is 11.8 Å². The molecule has 2 amide bonds. The monoisotopic (exact) mass is 319 g/mol. The predicted octanol–water partition coefficient (Wildman–Crippen LogP) is 2.46. The smallest absolute Gasteiger partial charge is 0.240 e. The molecular weight excluding hydrogens is 298 g/mol. The van der Waals surface area contributed by atoms with Crippen LogP contribution in [0.1, 0.15) is 26.7 Å². The van der Waals surface area contributed by atoms with Gasteiger partial charge in [0.25, 0.3) is 0 Å². The summed E-state index contributed by atoms with van der Waals surface area (Å²) in [5.74, 6) is 0.307. The third kappa shape index (κ3) is 5.18. The molecule has 1 fully saturated rings. The molecule has 0 unspecified atom stereocenters. The number of amides is 2. The lowest BCUT2D eigenvalue weighted by Crippen LogP contribution is -2.32. The third-order valence-electron chi connectivity index (χ3n) is 3.18. The van der Waals surface area contributed by atoms with Gasteiger partial charge in [0.15, 0.2) is 5.17 Å². The lowest BCUT2D eigenvalue weighted by atomic mass is 10.1. The number of nitrogens with one attached hydrogen (secondary N) is 2. The summed E-state index contributed by atoms with van der Waals surface area (Å²) in [5.41, 5.74) is 0.785. The highest BCUT2D eigenvalue weighted by molar-refractivity contribution is 8.15. The Morgan fingerprint density at radius 3 is 2.77 bits per heavy atom. The number of thioether (sulfide) groups is 1. The number of aliphatic imine (C=N–C) groups is 1. The van der Waals surface area contributed by atoms with Crippen LogP contribution in [0.2, 0.25) is 0 Å². The molecule has 6 heteroatoms. The largest absolute Gasteiger partial charge is 0.356 e. The molecule has 118 valence electrons. The minimum absolute atomic E-state index is 0.0886. The Labute approximate surface area is 135 Å². The van der Waals surface area contributed by atoms with Gasteiger partial charge in [0, 0.05) is 13.0 Å². The first-order valence-electron chi connectivity index (χ1n) is 7.42. The molecule has 1 saturated heterocycles. The van der Waals surface area contributed by atoms with E-state index in [9.17, 15) is 9.59 Å². The number of hydrogen-bond donors (Lipinski definition) is 2. The van der Waals surface area contributed by atoms with Crippen LogP contribution in [-0.2, 0) is 9.59 Å². The van der Waals surface area contributed by atoms with Crippen molar-refractivity contribution in [2.45, 2.75) is 31.9 Å². The molecule has 0 bridgehead atoms. The Morgan fingerprint density at radius 2 is 2.09 bits per heavy atom. The summed E-state index contributed by atoms with van der Waals surface area (Å²) in [7, 11) is 0. The van der Waals surface area contributed by atoms with E-state index in [2.05, 4.69) is 29.5 Å². The van der Waals surface area contributed by atoms with Crippen LogP contribution in [0.4, 0.5) is 5.69 Å². The highest BCUT2D eigenvalue weighted by atomic mass is 32.2. The number of para-hydroxylation sites is 1. The van der Waals surface area contributed by atoms with Crippen LogP contribution in [0.5, 0.6) is 0 Å². The number of carbonyl (C=O) groups is 2. The van der Waals surface area contributed by atoms with Crippen LogP contribution >= 0.6 is 11.8 Å². The van der Waals surface area contributed by atoms with Crippen molar-refractivity contribution in [3.05, 3.63) is 30.3 Å². The van der Waals surface area contributed by atoms with E-state index in [0.717, 1.165) is 12.1 Å². The molecule has 0 radical (unpaired) electrons. The average Bonchev–Trinajstić information content (AvgIpc) is 2.79. The van der Waals surface area contributed by atoms with Gasteiger partial charge in [0.05, 0.1) is 5.69 Å². The summed E-state index contributed by atoms with van der Waals surface area (Å²) in [6.07, 6.45) is 1.12. The van der Waals surface area contributed by atoms with Crippen molar-refractivity contribution in [3.8, 4) is 0 Å². The van der Waals surface area contributed by atoms with Crippen molar-refractivity contribution in [2.24, 2.45) is 10.9 Å². The number of benzene rings is 1. The molecule has 1 heterocycles. The molecule has 0 aliphatic carbocycles. The zero-order chi connectivity index (χ0) is 15.9. The van der Waals surface area contributed by atoms with E-state index in [4.69, 9.17) is 0 Å². The highest BCUT2D eigenvalue weighted by Gasteiger charge is 2.31. The molecule has 1 aliphatic rings. The number of nitrogens with zero attached hydrogens (tertiary/aromatic N) is 1. The van der Waals surface area contributed by atoms with Gasteiger partial charge in [-0.15, -0.1) is 0 Å². The number of amidine groups is 1. The van der Waals surface area contributed by atoms with E-state index >= 15 is 0 Å². The molecule has 2 N–H and O–H groups in total. The van der Waals surface area contributed by atoms with Crippen LogP contribution < -0.4 is 10.6 Å². The zero-order valence-electron chi connectivity index (χ0n) is 12.8. The van der Waals surface area contributed by atoms with Crippen molar-refractivity contribution in [1.29, 1.82) is 0 Å². The first-order chi connectivity index (χ1) is 10.5. The van der Waals surface area contributed by atoms with Crippen molar-refractivity contribution >= 4 is 34.4 Å². The van der Waals surface area contributed by atoms with E-state index in [-0.39, 0.29) is 18.2 Å². The van der Waals surface area contributed by atoms with E-state index in [1.54, 1.807) is 0 Å². The summed E-state index contributed by atoms with van der Waals surface area (Å²) in [4.78, 5) is 28.1. The maximum Gasteiger partial charge on any atom is 0.240 e. The quantitative estimate of drug-likeness (QED) is 0.846. The van der Waals surface area contributed by atoms with Crippen LogP contribution in [0.15, 0.2) is 35.3 Å². The normalized spacial score (nSPS) is 19.5. The molecule has 5 nitrogen and oxygen atoms in total. The number of rotatable bonds is 6. The molecule has 22 heavy (non-hydrogen) atoms. The predicted molar refractivity (Wildman–Crippen MR) is 90.1 cm³/mol. The van der Waals surface area contributed by atoms with Gasteiger partial charge >= 0.3 is 0 Å². The Bertz CT molecular complexity index is 558. The SMILES string of the molecule is CC(C)CCNC(=O)C[C@H]1SC(=Nc2ccccc2)NC1=O. The van der Waals surface area contributed by atoms with Crippen LogP contribution in [0, 0.1) is 5.92 Å².